The Hall–Kier alpha value is -1.63. The van der Waals surface area contributed by atoms with E-state index < -0.39 is 12.1 Å². The van der Waals surface area contributed by atoms with Crippen molar-refractivity contribution >= 4 is 17.6 Å². The number of hydrogen-bond acceptors (Lipinski definition) is 5. The molecule has 0 aromatic heterocycles. The van der Waals surface area contributed by atoms with Crippen LogP contribution in [0.15, 0.2) is 5.16 Å². The maximum Gasteiger partial charge on any atom is 0.353 e. The summed E-state index contributed by atoms with van der Waals surface area (Å²) in [6.07, 6.45) is 2.79. The molecular weight excluding hydrogens is 262 g/mol. The Kier molecular flexibility index (Phi) is 3.60. The van der Waals surface area contributed by atoms with Crippen LogP contribution in [-0.4, -0.2) is 70.8 Å². The van der Waals surface area contributed by atoms with E-state index in [0.717, 1.165) is 32.6 Å². The van der Waals surface area contributed by atoms with Gasteiger partial charge in [0.25, 0.3) is 5.91 Å². The van der Waals surface area contributed by atoms with Gasteiger partial charge in [0.15, 0.2) is 5.71 Å². The first-order chi connectivity index (χ1) is 9.65. The SMILES string of the molecule is O=C(O)C1=NOC(C(=O)N2CCC(N3CCCC3)C2)C1. The molecule has 2 unspecified atom stereocenters. The van der Waals surface area contributed by atoms with Crippen LogP contribution in [0.3, 0.4) is 0 Å². The lowest BCUT2D eigenvalue weighted by atomic mass is 10.1. The van der Waals surface area contributed by atoms with Crippen LogP contribution in [0.5, 0.6) is 0 Å². The number of likely N-dealkylation sites (tertiary alicyclic amines) is 2. The van der Waals surface area contributed by atoms with Gasteiger partial charge in [0.1, 0.15) is 0 Å². The van der Waals surface area contributed by atoms with E-state index in [1.807, 2.05) is 0 Å². The molecule has 1 N–H and O–H groups in total. The molecule has 110 valence electrons. The van der Waals surface area contributed by atoms with Gasteiger partial charge < -0.3 is 14.8 Å². The summed E-state index contributed by atoms with van der Waals surface area (Å²) in [5.41, 5.74) is -0.0707. The summed E-state index contributed by atoms with van der Waals surface area (Å²) in [4.78, 5) is 32.3. The average molecular weight is 281 g/mol. The van der Waals surface area contributed by atoms with Gasteiger partial charge in [-0.25, -0.2) is 4.79 Å². The second-order valence-electron chi connectivity index (χ2n) is 5.61. The lowest BCUT2D eigenvalue weighted by Crippen LogP contribution is -2.41. The van der Waals surface area contributed by atoms with Gasteiger partial charge in [-0.3, -0.25) is 9.69 Å². The quantitative estimate of drug-likeness (QED) is 0.782. The predicted molar refractivity (Wildman–Crippen MR) is 70.4 cm³/mol. The number of carbonyl (C=O) groups excluding carboxylic acids is 1. The first kappa shape index (κ1) is 13.4. The topological polar surface area (TPSA) is 82.4 Å². The number of carboxylic acids is 1. The van der Waals surface area contributed by atoms with Crippen LogP contribution in [0, 0.1) is 0 Å². The number of aliphatic carboxylic acids is 1. The largest absolute Gasteiger partial charge is 0.477 e. The van der Waals surface area contributed by atoms with Gasteiger partial charge in [-0.2, -0.15) is 0 Å². The first-order valence-electron chi connectivity index (χ1n) is 7.14. The molecule has 2 saturated heterocycles. The van der Waals surface area contributed by atoms with Crippen LogP contribution < -0.4 is 0 Å². The highest BCUT2D eigenvalue weighted by Crippen LogP contribution is 2.23. The van der Waals surface area contributed by atoms with E-state index >= 15 is 0 Å². The number of amides is 1. The number of rotatable bonds is 3. The van der Waals surface area contributed by atoms with Gasteiger partial charge in [-0.15, -0.1) is 0 Å². The minimum Gasteiger partial charge on any atom is -0.477 e. The first-order valence-corrected chi connectivity index (χ1v) is 7.14. The van der Waals surface area contributed by atoms with Crippen molar-refractivity contribution in [1.29, 1.82) is 0 Å². The predicted octanol–water partition coefficient (Wildman–Crippen LogP) is -0.0874. The number of nitrogens with zero attached hydrogens (tertiary/aromatic N) is 3. The van der Waals surface area contributed by atoms with Gasteiger partial charge in [0, 0.05) is 25.6 Å². The second kappa shape index (κ2) is 5.40. The fraction of sp³-hybridized carbons (Fsp3) is 0.769. The number of carbonyl (C=O) groups is 2. The molecule has 0 aromatic rings. The zero-order valence-corrected chi connectivity index (χ0v) is 11.3. The highest BCUT2D eigenvalue weighted by Gasteiger charge is 2.38. The molecule has 2 atom stereocenters. The molecule has 3 aliphatic rings. The standard InChI is InChI=1S/C13H19N3O4/c17-12(11-7-10(13(18)19)14-20-11)16-6-3-9(8-16)15-4-1-2-5-15/h9,11H,1-8H2,(H,18,19). The molecule has 0 saturated carbocycles. The zero-order chi connectivity index (χ0) is 14.1. The molecule has 0 aliphatic carbocycles. The molecule has 0 radical (unpaired) electrons. The van der Waals surface area contributed by atoms with Crippen molar-refractivity contribution in [3.05, 3.63) is 0 Å². The van der Waals surface area contributed by atoms with Gasteiger partial charge in [0.2, 0.25) is 6.10 Å². The lowest BCUT2D eigenvalue weighted by Gasteiger charge is -2.24. The van der Waals surface area contributed by atoms with Crippen molar-refractivity contribution in [2.45, 2.75) is 37.8 Å². The van der Waals surface area contributed by atoms with Gasteiger partial charge in [0.05, 0.1) is 0 Å². The molecular formula is C13H19N3O4. The lowest BCUT2D eigenvalue weighted by molar-refractivity contribution is -0.141. The van der Waals surface area contributed by atoms with Crippen LogP contribution in [0.25, 0.3) is 0 Å². The third-order valence-electron chi connectivity index (χ3n) is 4.32. The normalized spacial score (nSPS) is 30.4. The molecule has 7 heteroatoms. The summed E-state index contributed by atoms with van der Waals surface area (Å²) in [5, 5.41) is 12.3. The molecule has 0 bridgehead atoms. The minimum atomic E-state index is -1.11. The Morgan fingerprint density at radius 1 is 1.25 bits per heavy atom. The summed E-state index contributed by atoms with van der Waals surface area (Å²) < 4.78 is 0. The number of hydrogen-bond donors (Lipinski definition) is 1. The third-order valence-corrected chi connectivity index (χ3v) is 4.32. The van der Waals surface area contributed by atoms with Crippen molar-refractivity contribution in [2.24, 2.45) is 5.16 Å². The second-order valence-corrected chi connectivity index (χ2v) is 5.61. The molecule has 3 rings (SSSR count). The Morgan fingerprint density at radius 2 is 2.00 bits per heavy atom. The highest BCUT2D eigenvalue weighted by atomic mass is 16.6. The van der Waals surface area contributed by atoms with Crippen molar-refractivity contribution < 1.29 is 19.5 Å². The Labute approximate surface area is 117 Å². The molecule has 7 nitrogen and oxygen atoms in total. The monoisotopic (exact) mass is 281 g/mol. The van der Waals surface area contributed by atoms with Gasteiger partial charge >= 0.3 is 5.97 Å². The molecule has 2 fully saturated rings. The Balaban J connectivity index is 1.53. The minimum absolute atomic E-state index is 0.0685. The maximum atomic E-state index is 12.3. The highest BCUT2D eigenvalue weighted by molar-refractivity contribution is 6.36. The van der Waals surface area contributed by atoms with Crippen LogP contribution >= 0.6 is 0 Å². The molecule has 0 aromatic carbocycles. The van der Waals surface area contributed by atoms with Crippen LogP contribution in [-0.2, 0) is 14.4 Å². The van der Waals surface area contributed by atoms with E-state index in [0.29, 0.717) is 6.04 Å². The molecule has 1 amide bonds. The fourth-order valence-electron chi connectivity index (χ4n) is 3.19. The van der Waals surface area contributed by atoms with E-state index in [4.69, 9.17) is 9.94 Å². The van der Waals surface area contributed by atoms with Crippen molar-refractivity contribution in [2.75, 3.05) is 26.2 Å². The summed E-state index contributed by atoms with van der Waals surface area (Å²) in [6.45, 7) is 3.70. The Morgan fingerprint density at radius 3 is 2.65 bits per heavy atom. The maximum absolute atomic E-state index is 12.3. The number of oxime groups is 1. The van der Waals surface area contributed by atoms with Crippen LogP contribution in [0.1, 0.15) is 25.7 Å². The van der Waals surface area contributed by atoms with Crippen LogP contribution in [0.4, 0.5) is 0 Å². The van der Waals surface area contributed by atoms with E-state index in [-0.39, 0.29) is 18.0 Å². The smallest absolute Gasteiger partial charge is 0.353 e. The fourth-order valence-corrected chi connectivity index (χ4v) is 3.19. The van der Waals surface area contributed by atoms with Gasteiger partial charge in [-0.05, 0) is 32.4 Å². The van der Waals surface area contributed by atoms with E-state index in [1.165, 1.54) is 12.8 Å². The van der Waals surface area contributed by atoms with E-state index in [1.54, 1.807) is 4.90 Å². The molecule has 3 aliphatic heterocycles. The molecule has 0 spiro atoms. The summed E-state index contributed by atoms with van der Waals surface area (Å²) >= 11 is 0. The number of carboxylic acid groups (broad SMARTS) is 1. The van der Waals surface area contributed by atoms with Crippen molar-refractivity contribution in [1.82, 2.24) is 9.80 Å². The van der Waals surface area contributed by atoms with Crippen molar-refractivity contribution in [3.63, 3.8) is 0 Å². The zero-order valence-electron chi connectivity index (χ0n) is 11.3. The molecule has 3 heterocycles. The molecule has 20 heavy (non-hydrogen) atoms. The van der Waals surface area contributed by atoms with Crippen molar-refractivity contribution in [3.8, 4) is 0 Å². The van der Waals surface area contributed by atoms with Crippen LogP contribution in [0.2, 0.25) is 0 Å². The third kappa shape index (κ3) is 2.49. The van der Waals surface area contributed by atoms with E-state index in [9.17, 15) is 9.59 Å². The Bertz CT molecular complexity index is 445. The summed E-state index contributed by atoms with van der Waals surface area (Å²) in [6, 6.07) is 0.447. The average Bonchev–Trinajstić information content (AvgIpc) is 3.17. The van der Waals surface area contributed by atoms with E-state index in [2.05, 4.69) is 10.1 Å². The van der Waals surface area contributed by atoms with Gasteiger partial charge in [-0.1, -0.05) is 5.16 Å². The summed E-state index contributed by atoms with van der Waals surface area (Å²) in [7, 11) is 0. The summed E-state index contributed by atoms with van der Waals surface area (Å²) in [5.74, 6) is -1.25.